The van der Waals surface area contributed by atoms with E-state index in [1.54, 1.807) is 48.3 Å². The Hall–Kier alpha value is -3.63. The van der Waals surface area contributed by atoms with Gasteiger partial charge >= 0.3 is 0 Å². The highest BCUT2D eigenvalue weighted by Gasteiger charge is 2.28. The Labute approximate surface area is 195 Å². The Bertz CT molecular complexity index is 1290. The number of nitrogens with one attached hydrogen (secondary N) is 1. The molecule has 1 aromatic heterocycles. The number of halogens is 2. The van der Waals surface area contributed by atoms with Crippen LogP contribution in [0, 0.1) is 17.1 Å². The number of anilines is 2. The number of nitriles is 1. The van der Waals surface area contributed by atoms with Crippen LogP contribution in [0.2, 0.25) is 5.02 Å². The Balaban J connectivity index is 1.61. The lowest BCUT2D eigenvalue weighted by Crippen LogP contribution is -2.39. The molecule has 0 atom stereocenters. The molecule has 0 aliphatic carbocycles. The molecule has 8 heteroatoms. The van der Waals surface area contributed by atoms with Crippen molar-refractivity contribution in [2.75, 3.05) is 18.4 Å². The van der Waals surface area contributed by atoms with Gasteiger partial charge in [-0.25, -0.2) is 4.39 Å². The van der Waals surface area contributed by atoms with Gasteiger partial charge in [-0.3, -0.25) is 9.59 Å². The van der Waals surface area contributed by atoms with Gasteiger partial charge in [-0.05, 0) is 48.6 Å². The lowest BCUT2D eigenvalue weighted by molar-refractivity contribution is 0.0713. The highest BCUT2D eigenvalue weighted by molar-refractivity contribution is 6.34. The average Bonchev–Trinajstić information content (AvgIpc) is 2.84. The summed E-state index contributed by atoms with van der Waals surface area (Å²) >= 11 is 6.37. The molecule has 0 saturated carbocycles. The van der Waals surface area contributed by atoms with E-state index in [2.05, 4.69) is 11.4 Å². The second kappa shape index (κ2) is 9.47. The van der Waals surface area contributed by atoms with Crippen LogP contribution in [0.5, 0.6) is 0 Å². The van der Waals surface area contributed by atoms with Crippen molar-refractivity contribution in [3.05, 3.63) is 92.6 Å². The molecular weight excluding hydrogens is 443 g/mol. The van der Waals surface area contributed by atoms with Gasteiger partial charge in [0.1, 0.15) is 16.9 Å². The SMILES string of the molecule is Cn1cc(C(=O)N2CCC(c3ccc(F)cc3)CC2)c(Nc2ccccc2C#N)c(Cl)c1=O. The quantitative estimate of drug-likeness (QED) is 0.600. The van der Waals surface area contributed by atoms with Gasteiger partial charge in [0.15, 0.2) is 0 Å². The van der Waals surface area contributed by atoms with Crippen molar-refractivity contribution in [2.24, 2.45) is 7.05 Å². The number of benzene rings is 2. The van der Waals surface area contributed by atoms with Crippen molar-refractivity contribution in [3.8, 4) is 6.07 Å². The normalized spacial score (nSPS) is 14.1. The first-order valence-corrected chi connectivity index (χ1v) is 11.0. The smallest absolute Gasteiger partial charge is 0.271 e. The number of amides is 1. The number of para-hydroxylation sites is 1. The van der Waals surface area contributed by atoms with Crippen LogP contribution in [-0.4, -0.2) is 28.5 Å². The van der Waals surface area contributed by atoms with Crippen LogP contribution >= 0.6 is 11.6 Å². The van der Waals surface area contributed by atoms with Gasteiger partial charge in [0.25, 0.3) is 11.5 Å². The molecular formula is C25H22ClFN4O2. The second-order valence-electron chi connectivity index (χ2n) is 8.05. The van der Waals surface area contributed by atoms with Crippen molar-refractivity contribution in [1.82, 2.24) is 9.47 Å². The van der Waals surface area contributed by atoms with E-state index in [9.17, 15) is 19.2 Å². The van der Waals surface area contributed by atoms with Crippen molar-refractivity contribution in [2.45, 2.75) is 18.8 Å². The summed E-state index contributed by atoms with van der Waals surface area (Å²) in [5.41, 5.74) is 1.89. The van der Waals surface area contributed by atoms with E-state index in [0.29, 0.717) is 24.3 Å². The number of aryl methyl sites for hydroxylation is 1. The van der Waals surface area contributed by atoms with Gasteiger partial charge < -0.3 is 14.8 Å². The molecule has 0 radical (unpaired) electrons. The number of likely N-dealkylation sites (tertiary alicyclic amines) is 1. The van der Waals surface area contributed by atoms with Gasteiger partial charge in [0.2, 0.25) is 0 Å². The molecule has 6 nitrogen and oxygen atoms in total. The fourth-order valence-corrected chi connectivity index (χ4v) is 4.41. The Morgan fingerprint density at radius 1 is 1.15 bits per heavy atom. The monoisotopic (exact) mass is 464 g/mol. The van der Waals surface area contributed by atoms with Crippen LogP contribution in [0.15, 0.2) is 59.5 Å². The number of hydrogen-bond acceptors (Lipinski definition) is 4. The fraction of sp³-hybridized carbons (Fsp3) is 0.240. The summed E-state index contributed by atoms with van der Waals surface area (Å²) in [6, 6.07) is 15.4. The molecule has 0 bridgehead atoms. The predicted octanol–water partition coefficient (Wildman–Crippen LogP) is 4.81. The van der Waals surface area contributed by atoms with E-state index in [1.807, 2.05) is 0 Å². The molecule has 33 heavy (non-hydrogen) atoms. The number of pyridine rings is 1. The molecule has 1 saturated heterocycles. The Morgan fingerprint density at radius 2 is 1.82 bits per heavy atom. The maximum Gasteiger partial charge on any atom is 0.271 e. The van der Waals surface area contributed by atoms with Gasteiger partial charge in [-0.15, -0.1) is 0 Å². The standard InChI is InChI=1S/C25H22ClFN4O2/c1-30-15-20(23(22(26)25(30)33)29-21-5-3-2-4-18(21)14-28)24(32)31-12-10-17(11-13-31)16-6-8-19(27)9-7-16/h2-9,15,17,29H,10-13H2,1H3. The van der Waals surface area contributed by atoms with Crippen LogP contribution < -0.4 is 10.9 Å². The highest BCUT2D eigenvalue weighted by Crippen LogP contribution is 2.32. The zero-order chi connectivity index (χ0) is 23.5. The van der Waals surface area contributed by atoms with Crippen molar-refractivity contribution in [1.29, 1.82) is 5.26 Å². The third-order valence-electron chi connectivity index (χ3n) is 5.98. The zero-order valence-corrected chi connectivity index (χ0v) is 18.8. The molecule has 1 aliphatic rings. The maximum absolute atomic E-state index is 13.5. The van der Waals surface area contributed by atoms with Crippen LogP contribution in [0.1, 0.15) is 40.2 Å². The summed E-state index contributed by atoms with van der Waals surface area (Å²) in [7, 11) is 1.54. The van der Waals surface area contributed by atoms with E-state index < -0.39 is 5.56 Å². The Kier molecular flexibility index (Phi) is 6.47. The highest BCUT2D eigenvalue weighted by atomic mass is 35.5. The van der Waals surface area contributed by atoms with E-state index in [4.69, 9.17) is 11.6 Å². The van der Waals surface area contributed by atoms with Gasteiger partial charge in [-0.1, -0.05) is 35.9 Å². The van der Waals surface area contributed by atoms with Crippen molar-refractivity contribution < 1.29 is 9.18 Å². The zero-order valence-electron chi connectivity index (χ0n) is 18.0. The number of aromatic nitrogens is 1. The summed E-state index contributed by atoms with van der Waals surface area (Å²) in [5.74, 6) is -0.267. The number of carbonyl (C=O) groups is 1. The van der Waals surface area contributed by atoms with Crippen molar-refractivity contribution >= 4 is 28.9 Å². The second-order valence-corrected chi connectivity index (χ2v) is 8.43. The minimum Gasteiger partial charge on any atom is -0.352 e. The molecule has 2 heterocycles. The van der Waals surface area contributed by atoms with Gasteiger partial charge in [0, 0.05) is 26.3 Å². The van der Waals surface area contributed by atoms with E-state index in [-0.39, 0.29) is 33.9 Å². The van der Waals surface area contributed by atoms with E-state index in [0.717, 1.165) is 18.4 Å². The summed E-state index contributed by atoms with van der Waals surface area (Å²) in [4.78, 5) is 27.7. The van der Waals surface area contributed by atoms with Crippen LogP contribution in [0.4, 0.5) is 15.8 Å². The predicted molar refractivity (Wildman–Crippen MR) is 125 cm³/mol. The molecule has 0 spiro atoms. The lowest BCUT2D eigenvalue weighted by atomic mass is 9.89. The van der Waals surface area contributed by atoms with Gasteiger partial charge in [-0.2, -0.15) is 5.26 Å². The van der Waals surface area contributed by atoms with Crippen LogP contribution in [0.25, 0.3) is 0 Å². The molecule has 4 rings (SSSR count). The third kappa shape index (κ3) is 4.62. The minimum atomic E-state index is -0.444. The molecule has 1 aliphatic heterocycles. The first kappa shape index (κ1) is 22.6. The topological polar surface area (TPSA) is 78.1 Å². The lowest BCUT2D eigenvalue weighted by Gasteiger charge is -2.33. The van der Waals surface area contributed by atoms with E-state index in [1.165, 1.54) is 22.9 Å². The largest absolute Gasteiger partial charge is 0.352 e. The van der Waals surface area contributed by atoms with Crippen LogP contribution in [0.3, 0.4) is 0 Å². The summed E-state index contributed by atoms with van der Waals surface area (Å²) in [5, 5.41) is 12.3. The summed E-state index contributed by atoms with van der Waals surface area (Å²) < 4.78 is 14.5. The number of nitrogens with zero attached hydrogens (tertiary/aromatic N) is 3. The fourth-order valence-electron chi connectivity index (χ4n) is 4.13. The molecule has 3 aromatic rings. The summed E-state index contributed by atoms with van der Waals surface area (Å²) in [6.45, 7) is 1.05. The minimum absolute atomic E-state index is 0.114. The molecule has 168 valence electrons. The molecule has 1 N–H and O–H groups in total. The number of piperidine rings is 1. The van der Waals surface area contributed by atoms with Crippen molar-refractivity contribution in [3.63, 3.8) is 0 Å². The number of hydrogen-bond donors (Lipinski definition) is 1. The molecule has 2 aromatic carbocycles. The first-order valence-electron chi connectivity index (χ1n) is 10.6. The molecule has 1 amide bonds. The summed E-state index contributed by atoms with van der Waals surface area (Å²) in [6.07, 6.45) is 2.97. The third-order valence-corrected chi connectivity index (χ3v) is 6.33. The maximum atomic E-state index is 13.5. The number of rotatable bonds is 4. The van der Waals surface area contributed by atoms with Crippen LogP contribution in [-0.2, 0) is 7.05 Å². The molecule has 1 fully saturated rings. The Morgan fingerprint density at radius 3 is 2.48 bits per heavy atom. The average molecular weight is 465 g/mol. The van der Waals surface area contributed by atoms with Gasteiger partial charge in [0.05, 0.1) is 22.5 Å². The first-order chi connectivity index (χ1) is 15.9. The number of carbonyl (C=O) groups excluding carboxylic acids is 1. The van der Waals surface area contributed by atoms with E-state index >= 15 is 0 Å². The molecule has 0 unspecified atom stereocenters.